The standard InChI is InChI=1S/C8H8O4S/c1-5(2)7(9)11-3-6-4-13-8(10)12-6/h4H,1,3H2,2H3. The maximum atomic E-state index is 10.9. The average Bonchev–Trinajstić information content (AvgIpc) is 2.47. The van der Waals surface area contributed by atoms with Gasteiger partial charge in [-0.05, 0) is 6.92 Å². The van der Waals surface area contributed by atoms with Gasteiger partial charge in [0.15, 0.2) is 12.4 Å². The second-order valence-corrected chi connectivity index (χ2v) is 3.22. The van der Waals surface area contributed by atoms with Crippen molar-refractivity contribution < 1.29 is 13.9 Å². The Morgan fingerprint density at radius 1 is 1.77 bits per heavy atom. The van der Waals surface area contributed by atoms with E-state index < -0.39 is 10.9 Å². The van der Waals surface area contributed by atoms with Crippen LogP contribution in [0, 0.1) is 0 Å². The van der Waals surface area contributed by atoms with Crippen LogP contribution >= 0.6 is 11.3 Å². The first-order chi connectivity index (χ1) is 6.09. The molecular weight excluding hydrogens is 192 g/mol. The molecule has 1 heterocycles. The number of rotatable bonds is 3. The van der Waals surface area contributed by atoms with E-state index in [1.165, 1.54) is 5.38 Å². The van der Waals surface area contributed by atoms with Crippen LogP contribution in [0.5, 0.6) is 0 Å². The third-order valence-electron chi connectivity index (χ3n) is 1.20. The van der Waals surface area contributed by atoms with E-state index in [0.717, 1.165) is 11.3 Å². The zero-order valence-electron chi connectivity index (χ0n) is 7.03. The number of carbonyl (C=O) groups is 1. The first kappa shape index (κ1) is 9.73. The van der Waals surface area contributed by atoms with E-state index in [1.807, 2.05) is 0 Å². The molecule has 0 saturated heterocycles. The van der Waals surface area contributed by atoms with Gasteiger partial charge in [-0.2, -0.15) is 0 Å². The van der Waals surface area contributed by atoms with Crippen LogP contribution in [0.25, 0.3) is 0 Å². The lowest BCUT2D eigenvalue weighted by Gasteiger charge is -1.99. The zero-order chi connectivity index (χ0) is 9.84. The van der Waals surface area contributed by atoms with E-state index in [4.69, 9.17) is 4.74 Å². The molecular formula is C8H8O4S. The molecule has 0 aromatic carbocycles. The highest BCUT2D eigenvalue weighted by atomic mass is 32.1. The van der Waals surface area contributed by atoms with Gasteiger partial charge in [0.1, 0.15) is 0 Å². The molecule has 13 heavy (non-hydrogen) atoms. The second-order valence-electron chi connectivity index (χ2n) is 2.41. The summed E-state index contributed by atoms with van der Waals surface area (Å²) in [5.74, 6) is -0.140. The van der Waals surface area contributed by atoms with Gasteiger partial charge in [0.25, 0.3) is 0 Å². The van der Waals surface area contributed by atoms with Crippen molar-refractivity contribution >= 4 is 17.3 Å². The molecule has 1 rings (SSSR count). The lowest BCUT2D eigenvalue weighted by molar-refractivity contribution is -0.140. The Kier molecular flexibility index (Phi) is 3.02. The van der Waals surface area contributed by atoms with Gasteiger partial charge in [-0.3, -0.25) is 0 Å². The van der Waals surface area contributed by atoms with Crippen LogP contribution in [0.15, 0.2) is 26.7 Å². The molecule has 0 aliphatic rings. The number of hydrogen-bond donors (Lipinski definition) is 0. The van der Waals surface area contributed by atoms with Crippen LogP contribution in [-0.4, -0.2) is 5.97 Å². The van der Waals surface area contributed by atoms with E-state index in [2.05, 4.69) is 11.0 Å². The van der Waals surface area contributed by atoms with E-state index in [9.17, 15) is 9.59 Å². The maximum absolute atomic E-state index is 10.9. The summed E-state index contributed by atoms with van der Waals surface area (Å²) in [6, 6.07) is 0. The summed E-state index contributed by atoms with van der Waals surface area (Å²) in [6.07, 6.45) is 0. The molecule has 0 radical (unpaired) electrons. The molecule has 0 aliphatic heterocycles. The summed E-state index contributed by atoms with van der Waals surface area (Å²) in [5, 5.41) is 1.51. The van der Waals surface area contributed by atoms with Crippen LogP contribution in [0.3, 0.4) is 0 Å². The van der Waals surface area contributed by atoms with Crippen molar-refractivity contribution in [2.24, 2.45) is 0 Å². The minimum atomic E-state index is -0.492. The molecule has 0 saturated carbocycles. The number of carbonyl (C=O) groups excluding carboxylic acids is 1. The molecule has 0 aliphatic carbocycles. The number of esters is 1. The largest absolute Gasteiger partial charge is 0.454 e. The van der Waals surface area contributed by atoms with Crippen molar-refractivity contribution in [3.05, 3.63) is 33.0 Å². The molecule has 0 bridgehead atoms. The zero-order valence-corrected chi connectivity index (χ0v) is 7.85. The summed E-state index contributed by atoms with van der Waals surface area (Å²) in [6.45, 7) is 4.93. The molecule has 4 nitrogen and oxygen atoms in total. The lowest BCUT2D eigenvalue weighted by Crippen LogP contribution is -2.04. The van der Waals surface area contributed by atoms with Gasteiger partial charge in [0.2, 0.25) is 0 Å². The maximum Gasteiger partial charge on any atom is 0.395 e. The van der Waals surface area contributed by atoms with Crippen molar-refractivity contribution in [3.8, 4) is 0 Å². The predicted molar refractivity (Wildman–Crippen MR) is 47.5 cm³/mol. The van der Waals surface area contributed by atoms with E-state index in [-0.39, 0.29) is 6.61 Å². The Bertz CT molecular complexity index is 373. The monoisotopic (exact) mass is 200 g/mol. The summed E-state index contributed by atoms with van der Waals surface area (Å²) < 4.78 is 9.41. The van der Waals surface area contributed by atoms with Gasteiger partial charge in [-0.25, -0.2) is 9.59 Å². The first-order valence-corrected chi connectivity index (χ1v) is 4.37. The van der Waals surface area contributed by atoms with Crippen LogP contribution in [-0.2, 0) is 16.1 Å². The summed E-state index contributed by atoms with van der Waals surface area (Å²) in [5.41, 5.74) is 0.317. The van der Waals surface area contributed by atoms with E-state index in [1.54, 1.807) is 6.92 Å². The molecule has 0 unspecified atom stereocenters. The SMILES string of the molecule is C=C(C)C(=O)OCc1csc(=O)o1. The third-order valence-corrected chi connectivity index (χ3v) is 1.85. The molecule has 1 aromatic rings. The van der Waals surface area contributed by atoms with Crippen molar-refractivity contribution in [3.63, 3.8) is 0 Å². The van der Waals surface area contributed by atoms with Crippen LogP contribution in [0.2, 0.25) is 0 Å². The highest BCUT2D eigenvalue weighted by Crippen LogP contribution is 2.03. The van der Waals surface area contributed by atoms with Crippen LogP contribution in [0.1, 0.15) is 12.7 Å². The van der Waals surface area contributed by atoms with Gasteiger partial charge in [0.05, 0.1) is 0 Å². The summed E-state index contributed by atoms with van der Waals surface area (Å²) in [4.78, 5) is 21.0. The Morgan fingerprint density at radius 2 is 2.46 bits per heavy atom. The highest BCUT2D eigenvalue weighted by Gasteiger charge is 2.05. The van der Waals surface area contributed by atoms with E-state index in [0.29, 0.717) is 11.3 Å². The van der Waals surface area contributed by atoms with Crippen LogP contribution < -0.4 is 4.94 Å². The third kappa shape index (κ3) is 2.87. The van der Waals surface area contributed by atoms with Crippen molar-refractivity contribution in [2.75, 3.05) is 0 Å². The number of ether oxygens (including phenoxy) is 1. The molecule has 5 heteroatoms. The van der Waals surface area contributed by atoms with Gasteiger partial charge in [-0.15, -0.1) is 0 Å². The second kappa shape index (κ2) is 4.04. The Hall–Kier alpha value is -1.36. The Balaban J connectivity index is 2.48. The molecule has 0 fully saturated rings. The van der Waals surface area contributed by atoms with Gasteiger partial charge < -0.3 is 9.15 Å². The predicted octanol–water partition coefficient (Wildman–Crippen LogP) is 1.32. The summed E-state index contributed by atoms with van der Waals surface area (Å²) >= 11 is 0.929. The fourth-order valence-electron chi connectivity index (χ4n) is 0.592. The average molecular weight is 200 g/mol. The minimum absolute atomic E-state index is 0.0234. The smallest absolute Gasteiger partial charge is 0.395 e. The molecule has 70 valence electrons. The van der Waals surface area contributed by atoms with Gasteiger partial charge >= 0.3 is 10.9 Å². The highest BCUT2D eigenvalue weighted by molar-refractivity contribution is 7.07. The Labute approximate surface area is 78.4 Å². The van der Waals surface area contributed by atoms with Crippen LogP contribution in [0.4, 0.5) is 0 Å². The molecule has 0 N–H and O–H groups in total. The van der Waals surface area contributed by atoms with Gasteiger partial charge in [0, 0.05) is 11.0 Å². The van der Waals surface area contributed by atoms with Crippen molar-refractivity contribution in [1.29, 1.82) is 0 Å². The molecule has 0 spiro atoms. The minimum Gasteiger partial charge on any atom is -0.454 e. The van der Waals surface area contributed by atoms with E-state index >= 15 is 0 Å². The topological polar surface area (TPSA) is 56.5 Å². The molecule has 1 aromatic heterocycles. The fourth-order valence-corrected chi connectivity index (χ4v) is 1.09. The lowest BCUT2D eigenvalue weighted by atomic mass is 10.4. The van der Waals surface area contributed by atoms with Crippen molar-refractivity contribution in [1.82, 2.24) is 0 Å². The fraction of sp³-hybridized carbons (Fsp3) is 0.250. The molecule has 0 amide bonds. The first-order valence-electron chi connectivity index (χ1n) is 3.49. The quantitative estimate of drug-likeness (QED) is 0.545. The number of hydrogen-bond acceptors (Lipinski definition) is 5. The summed E-state index contributed by atoms with van der Waals surface area (Å²) in [7, 11) is 0. The van der Waals surface area contributed by atoms with Crippen molar-refractivity contribution in [2.45, 2.75) is 13.5 Å². The van der Waals surface area contributed by atoms with Gasteiger partial charge in [-0.1, -0.05) is 17.9 Å². The molecule has 0 atom stereocenters. The normalized spacial score (nSPS) is 9.62. The Morgan fingerprint density at radius 3 is 2.92 bits per heavy atom.